The van der Waals surface area contributed by atoms with Gasteiger partial charge in [-0.1, -0.05) is 29.8 Å². The number of carbonyl (C=O) groups excluding carboxylic acids is 1. The lowest BCUT2D eigenvalue weighted by molar-refractivity contribution is -0.126. The van der Waals surface area contributed by atoms with Crippen molar-refractivity contribution >= 4 is 15.9 Å². The van der Waals surface area contributed by atoms with Crippen molar-refractivity contribution in [2.75, 3.05) is 27.3 Å². The molecule has 2 aromatic carbocycles. The predicted molar refractivity (Wildman–Crippen MR) is 100 cm³/mol. The van der Waals surface area contributed by atoms with Gasteiger partial charge in [-0.2, -0.15) is 4.31 Å². The lowest BCUT2D eigenvalue weighted by Crippen LogP contribution is -2.52. The van der Waals surface area contributed by atoms with Crippen molar-refractivity contribution in [2.24, 2.45) is 0 Å². The fourth-order valence-electron chi connectivity index (χ4n) is 3.08. The van der Waals surface area contributed by atoms with Gasteiger partial charge in [-0.15, -0.1) is 0 Å². The lowest BCUT2D eigenvalue weighted by Gasteiger charge is -2.34. The zero-order valence-corrected chi connectivity index (χ0v) is 16.2. The van der Waals surface area contributed by atoms with Crippen molar-refractivity contribution in [1.29, 1.82) is 0 Å². The molecule has 27 heavy (non-hydrogen) atoms. The Balaban J connectivity index is 2.05. The number of aryl methyl sites for hydroxylation is 1. The molecule has 3 rings (SSSR count). The SMILES string of the molecule is COc1ccc(S(=O)(=O)N2CCNC(=O)C2c2ccc(C)cc2)cc1OC. The number of benzene rings is 2. The molecule has 0 saturated carbocycles. The van der Waals surface area contributed by atoms with Gasteiger partial charge < -0.3 is 14.8 Å². The second-order valence-corrected chi connectivity index (χ2v) is 8.13. The van der Waals surface area contributed by atoms with Crippen molar-refractivity contribution in [2.45, 2.75) is 17.9 Å². The van der Waals surface area contributed by atoms with E-state index in [0.717, 1.165) is 5.56 Å². The topological polar surface area (TPSA) is 84.9 Å². The van der Waals surface area contributed by atoms with Gasteiger partial charge in [0.2, 0.25) is 15.9 Å². The van der Waals surface area contributed by atoms with Gasteiger partial charge in [-0.25, -0.2) is 8.42 Å². The van der Waals surface area contributed by atoms with Crippen LogP contribution in [0.2, 0.25) is 0 Å². The van der Waals surface area contributed by atoms with Gasteiger partial charge in [0, 0.05) is 19.2 Å². The van der Waals surface area contributed by atoms with Crippen LogP contribution in [0.4, 0.5) is 0 Å². The van der Waals surface area contributed by atoms with E-state index in [0.29, 0.717) is 17.1 Å². The predicted octanol–water partition coefficient (Wildman–Crippen LogP) is 1.87. The van der Waals surface area contributed by atoms with E-state index in [4.69, 9.17) is 9.47 Å². The molecule has 0 radical (unpaired) electrons. The molecular formula is C19H22N2O5S. The van der Waals surface area contributed by atoms with Crippen molar-refractivity contribution < 1.29 is 22.7 Å². The molecule has 1 saturated heterocycles. The summed E-state index contributed by atoms with van der Waals surface area (Å²) < 4.78 is 38.2. The maximum atomic E-state index is 13.3. The minimum Gasteiger partial charge on any atom is -0.493 e. The second-order valence-electron chi connectivity index (χ2n) is 6.24. The molecule has 1 heterocycles. The van der Waals surface area contributed by atoms with Gasteiger partial charge in [0.05, 0.1) is 19.1 Å². The first-order valence-corrected chi connectivity index (χ1v) is 9.90. The van der Waals surface area contributed by atoms with Gasteiger partial charge in [0.15, 0.2) is 11.5 Å². The third-order valence-electron chi connectivity index (χ3n) is 4.52. The van der Waals surface area contributed by atoms with E-state index in [1.165, 1.54) is 36.7 Å². The molecule has 1 atom stereocenters. The molecule has 1 amide bonds. The molecule has 0 bridgehead atoms. The molecule has 1 aliphatic rings. The second kappa shape index (κ2) is 7.58. The first kappa shape index (κ1) is 19.2. The van der Waals surface area contributed by atoms with E-state index < -0.39 is 16.1 Å². The van der Waals surface area contributed by atoms with Crippen LogP contribution in [0.25, 0.3) is 0 Å². The van der Waals surface area contributed by atoms with Gasteiger partial charge in [0.1, 0.15) is 6.04 Å². The summed E-state index contributed by atoms with van der Waals surface area (Å²) >= 11 is 0. The van der Waals surface area contributed by atoms with Crippen LogP contribution in [-0.2, 0) is 14.8 Å². The number of hydrogen-bond acceptors (Lipinski definition) is 5. The Labute approximate surface area is 158 Å². The fourth-order valence-corrected chi connectivity index (χ4v) is 4.68. The first-order chi connectivity index (χ1) is 12.9. The van der Waals surface area contributed by atoms with E-state index in [1.54, 1.807) is 12.1 Å². The van der Waals surface area contributed by atoms with Crippen LogP contribution in [0.3, 0.4) is 0 Å². The number of ether oxygens (including phenoxy) is 2. The molecule has 0 spiro atoms. The Hall–Kier alpha value is -2.58. The molecule has 2 aromatic rings. The average molecular weight is 390 g/mol. The molecule has 1 N–H and O–H groups in total. The molecule has 8 heteroatoms. The minimum absolute atomic E-state index is 0.0481. The molecule has 144 valence electrons. The summed E-state index contributed by atoms with van der Waals surface area (Å²) in [7, 11) is -1.00. The van der Waals surface area contributed by atoms with Crippen LogP contribution < -0.4 is 14.8 Å². The van der Waals surface area contributed by atoms with E-state index in [2.05, 4.69) is 5.32 Å². The average Bonchev–Trinajstić information content (AvgIpc) is 2.68. The molecule has 0 aromatic heterocycles. The van der Waals surface area contributed by atoms with E-state index in [9.17, 15) is 13.2 Å². The van der Waals surface area contributed by atoms with Crippen molar-refractivity contribution in [1.82, 2.24) is 9.62 Å². The highest BCUT2D eigenvalue weighted by Crippen LogP contribution is 2.34. The Morgan fingerprint density at radius 2 is 1.70 bits per heavy atom. The molecule has 1 unspecified atom stereocenters. The number of methoxy groups -OCH3 is 2. The highest BCUT2D eigenvalue weighted by Gasteiger charge is 2.39. The summed E-state index contributed by atoms with van der Waals surface area (Å²) in [5.74, 6) is 0.406. The maximum absolute atomic E-state index is 13.3. The number of amides is 1. The van der Waals surface area contributed by atoms with Crippen LogP contribution in [0.1, 0.15) is 17.2 Å². The minimum atomic E-state index is -3.92. The summed E-state index contributed by atoms with van der Waals surface area (Å²) in [6, 6.07) is 10.8. The first-order valence-electron chi connectivity index (χ1n) is 8.46. The monoisotopic (exact) mass is 390 g/mol. The fraction of sp³-hybridized carbons (Fsp3) is 0.316. The standard InChI is InChI=1S/C19H22N2O5S/c1-13-4-6-14(7-5-13)18-19(22)20-10-11-21(18)27(23,24)15-8-9-16(25-2)17(12-15)26-3/h4-9,12,18H,10-11H2,1-3H3,(H,20,22). The smallest absolute Gasteiger partial charge is 0.244 e. The third kappa shape index (κ3) is 3.63. The van der Waals surface area contributed by atoms with Crippen LogP contribution in [0.15, 0.2) is 47.4 Å². The molecule has 0 aliphatic carbocycles. The normalized spacial score (nSPS) is 18.0. The summed E-state index contributed by atoms with van der Waals surface area (Å²) in [5.41, 5.74) is 1.66. The Morgan fingerprint density at radius 3 is 2.33 bits per heavy atom. The zero-order chi connectivity index (χ0) is 19.6. The summed E-state index contributed by atoms with van der Waals surface area (Å²) in [4.78, 5) is 12.6. The van der Waals surface area contributed by atoms with Crippen LogP contribution in [-0.4, -0.2) is 45.9 Å². The van der Waals surface area contributed by atoms with Crippen LogP contribution in [0.5, 0.6) is 11.5 Å². The van der Waals surface area contributed by atoms with E-state index in [1.807, 2.05) is 19.1 Å². The molecular weight excluding hydrogens is 368 g/mol. The van der Waals surface area contributed by atoms with Crippen LogP contribution >= 0.6 is 0 Å². The maximum Gasteiger partial charge on any atom is 0.244 e. The number of piperazine rings is 1. The van der Waals surface area contributed by atoms with E-state index >= 15 is 0 Å². The van der Waals surface area contributed by atoms with Gasteiger partial charge in [-0.3, -0.25) is 4.79 Å². The summed E-state index contributed by atoms with van der Waals surface area (Å²) in [6.45, 7) is 2.37. The van der Waals surface area contributed by atoms with Gasteiger partial charge >= 0.3 is 0 Å². The quantitative estimate of drug-likeness (QED) is 0.843. The summed E-state index contributed by atoms with van der Waals surface area (Å²) in [5, 5.41) is 2.75. The van der Waals surface area contributed by atoms with Crippen molar-refractivity contribution in [3.63, 3.8) is 0 Å². The number of carbonyl (C=O) groups is 1. The Bertz CT molecular complexity index is 941. The highest BCUT2D eigenvalue weighted by atomic mass is 32.2. The van der Waals surface area contributed by atoms with Gasteiger partial charge in [0.25, 0.3) is 0 Å². The Kier molecular flexibility index (Phi) is 5.38. The summed E-state index contributed by atoms with van der Waals surface area (Å²) in [6.07, 6.45) is 0. The number of sulfonamides is 1. The number of nitrogens with zero attached hydrogens (tertiary/aromatic N) is 1. The third-order valence-corrected chi connectivity index (χ3v) is 6.38. The van der Waals surface area contributed by atoms with Gasteiger partial charge in [-0.05, 0) is 24.6 Å². The number of nitrogens with one attached hydrogen (secondary N) is 1. The lowest BCUT2D eigenvalue weighted by atomic mass is 10.0. The van der Waals surface area contributed by atoms with Crippen LogP contribution in [0, 0.1) is 6.92 Å². The molecule has 1 aliphatic heterocycles. The molecule has 1 fully saturated rings. The molecule has 7 nitrogen and oxygen atoms in total. The Morgan fingerprint density at radius 1 is 1.04 bits per heavy atom. The number of rotatable bonds is 5. The zero-order valence-electron chi connectivity index (χ0n) is 15.4. The van der Waals surface area contributed by atoms with Crippen molar-refractivity contribution in [3.05, 3.63) is 53.6 Å². The number of hydrogen-bond donors (Lipinski definition) is 1. The largest absolute Gasteiger partial charge is 0.493 e. The highest BCUT2D eigenvalue weighted by molar-refractivity contribution is 7.89. The van der Waals surface area contributed by atoms with Crippen molar-refractivity contribution in [3.8, 4) is 11.5 Å². The van der Waals surface area contributed by atoms with E-state index in [-0.39, 0.29) is 23.9 Å².